The van der Waals surface area contributed by atoms with Crippen LogP contribution < -0.4 is 0 Å². The molecule has 0 unspecified atom stereocenters. The molecule has 0 spiro atoms. The average molecular weight is 408 g/mol. The van der Waals surface area contributed by atoms with E-state index in [1.54, 1.807) is 11.6 Å². The lowest BCUT2D eigenvalue weighted by molar-refractivity contribution is 0.157. The molecule has 2 fully saturated rings. The van der Waals surface area contributed by atoms with Crippen LogP contribution in [0.2, 0.25) is 0 Å². The highest BCUT2D eigenvalue weighted by atomic mass is 19.1. The van der Waals surface area contributed by atoms with Gasteiger partial charge in [-0.2, -0.15) is 9.65 Å². The van der Waals surface area contributed by atoms with Gasteiger partial charge in [0.25, 0.3) is 0 Å². The topological polar surface area (TPSA) is 23.8 Å². The maximum atomic E-state index is 12.7. The van der Waals surface area contributed by atoms with E-state index in [1.165, 1.54) is 88.3 Å². The normalized spacial score (nSPS) is 27.8. The SMILES string of the molecule is CCCc1ccc([C@H]2CC[C@H](C3CCC(CC/C=C/C=C(\F)C#N)CC3)CC2)cc1. The molecule has 0 amide bonds. The lowest BCUT2D eigenvalue weighted by atomic mass is 9.68. The van der Waals surface area contributed by atoms with E-state index in [-0.39, 0.29) is 0 Å². The summed E-state index contributed by atoms with van der Waals surface area (Å²) in [4.78, 5) is 0. The van der Waals surface area contributed by atoms with Crippen LogP contribution in [0, 0.1) is 29.1 Å². The van der Waals surface area contributed by atoms with Crippen LogP contribution in [-0.4, -0.2) is 0 Å². The zero-order valence-corrected chi connectivity index (χ0v) is 18.7. The van der Waals surface area contributed by atoms with Crippen LogP contribution in [0.4, 0.5) is 4.39 Å². The summed E-state index contributed by atoms with van der Waals surface area (Å²) in [6.07, 6.45) is 20.6. The fourth-order valence-corrected chi connectivity index (χ4v) is 5.74. The van der Waals surface area contributed by atoms with Gasteiger partial charge in [0, 0.05) is 0 Å². The Kier molecular flexibility index (Phi) is 9.19. The van der Waals surface area contributed by atoms with E-state index in [9.17, 15) is 4.39 Å². The summed E-state index contributed by atoms with van der Waals surface area (Å²) in [6, 6.07) is 11.0. The van der Waals surface area contributed by atoms with Gasteiger partial charge in [-0.25, -0.2) is 0 Å². The van der Waals surface area contributed by atoms with Gasteiger partial charge < -0.3 is 0 Å². The molecule has 162 valence electrons. The van der Waals surface area contributed by atoms with Gasteiger partial charge in [0.1, 0.15) is 6.07 Å². The number of hydrogen-bond acceptors (Lipinski definition) is 1. The van der Waals surface area contributed by atoms with Gasteiger partial charge in [-0.05, 0) is 98.7 Å². The van der Waals surface area contributed by atoms with Crippen LogP contribution in [0.3, 0.4) is 0 Å². The highest BCUT2D eigenvalue weighted by Gasteiger charge is 2.31. The maximum Gasteiger partial charge on any atom is 0.199 e. The van der Waals surface area contributed by atoms with Crippen LogP contribution in [0.25, 0.3) is 0 Å². The Bertz CT molecular complexity index is 723. The van der Waals surface area contributed by atoms with Gasteiger partial charge in [-0.15, -0.1) is 0 Å². The fourth-order valence-electron chi connectivity index (χ4n) is 5.74. The van der Waals surface area contributed by atoms with Crippen molar-refractivity contribution in [3.05, 3.63) is 59.4 Å². The number of nitrogens with zero attached hydrogens (tertiary/aromatic N) is 1. The number of allylic oxidation sites excluding steroid dienone is 4. The highest BCUT2D eigenvalue weighted by molar-refractivity contribution is 5.26. The van der Waals surface area contributed by atoms with Crippen molar-refractivity contribution in [1.82, 2.24) is 0 Å². The molecule has 0 radical (unpaired) electrons. The summed E-state index contributed by atoms with van der Waals surface area (Å²) in [7, 11) is 0. The zero-order chi connectivity index (χ0) is 21.2. The molecule has 0 saturated heterocycles. The van der Waals surface area contributed by atoms with Crippen molar-refractivity contribution >= 4 is 0 Å². The van der Waals surface area contributed by atoms with Gasteiger partial charge in [-0.1, -0.05) is 62.6 Å². The van der Waals surface area contributed by atoms with Crippen molar-refractivity contribution in [2.45, 2.75) is 89.9 Å². The smallest absolute Gasteiger partial charge is 0.195 e. The lowest BCUT2D eigenvalue weighted by Gasteiger charge is -2.38. The Morgan fingerprint density at radius 2 is 1.63 bits per heavy atom. The molecule has 0 N–H and O–H groups in total. The summed E-state index contributed by atoms with van der Waals surface area (Å²) in [5, 5.41) is 8.40. The van der Waals surface area contributed by atoms with Crippen LogP contribution in [0.15, 0.2) is 48.3 Å². The minimum Gasteiger partial charge on any atom is -0.195 e. The molecule has 0 aromatic heterocycles. The molecule has 0 atom stereocenters. The molecular weight excluding hydrogens is 369 g/mol. The van der Waals surface area contributed by atoms with Crippen molar-refractivity contribution in [2.24, 2.45) is 17.8 Å². The van der Waals surface area contributed by atoms with Crippen LogP contribution in [-0.2, 0) is 6.42 Å². The quantitative estimate of drug-likeness (QED) is 0.313. The van der Waals surface area contributed by atoms with Gasteiger partial charge >= 0.3 is 0 Å². The van der Waals surface area contributed by atoms with Gasteiger partial charge in [0.2, 0.25) is 0 Å². The van der Waals surface area contributed by atoms with Crippen LogP contribution >= 0.6 is 0 Å². The average Bonchev–Trinajstić information content (AvgIpc) is 2.80. The standard InChI is InChI=1S/C28H38FN/c1-2-6-22-9-13-24(14-10-22)26-17-19-27(20-18-26)25-15-11-23(12-16-25)7-4-3-5-8-28(29)21-30/h3,5,8-10,13-14,23,25-27H,2,4,6-7,11-12,15-20H2,1H3/b5-3+,28-8-/t23?,25?,26-,27-. The highest BCUT2D eigenvalue weighted by Crippen LogP contribution is 2.44. The van der Waals surface area contributed by atoms with Crippen molar-refractivity contribution < 1.29 is 4.39 Å². The molecule has 3 rings (SSSR count). The Labute approximate surface area is 183 Å². The first kappa shape index (κ1) is 22.8. The van der Waals surface area contributed by atoms with Crippen molar-refractivity contribution in [1.29, 1.82) is 5.26 Å². The second-order valence-electron chi connectivity index (χ2n) is 9.52. The Balaban J connectivity index is 1.36. The van der Waals surface area contributed by atoms with Gasteiger partial charge in [-0.3, -0.25) is 0 Å². The van der Waals surface area contributed by atoms with Gasteiger partial charge in [0.15, 0.2) is 5.83 Å². The summed E-state index contributed by atoms with van der Waals surface area (Å²) >= 11 is 0. The van der Waals surface area contributed by atoms with E-state index >= 15 is 0 Å². The number of hydrogen-bond donors (Lipinski definition) is 0. The monoisotopic (exact) mass is 407 g/mol. The summed E-state index contributed by atoms with van der Waals surface area (Å²) in [5.41, 5.74) is 3.04. The second kappa shape index (κ2) is 12.1. The molecule has 1 aromatic carbocycles. The van der Waals surface area contributed by atoms with E-state index in [4.69, 9.17) is 5.26 Å². The molecule has 0 bridgehead atoms. The lowest BCUT2D eigenvalue weighted by Crippen LogP contribution is -2.25. The molecular formula is C28H38FN. The van der Waals surface area contributed by atoms with Crippen molar-refractivity contribution in [2.75, 3.05) is 0 Å². The molecule has 0 heterocycles. The molecule has 1 nitrogen and oxygen atoms in total. The summed E-state index contributed by atoms with van der Waals surface area (Å²) < 4.78 is 12.7. The third kappa shape index (κ3) is 6.83. The minimum atomic E-state index is -0.713. The fraction of sp³-hybridized carbons (Fsp3) is 0.607. The van der Waals surface area contributed by atoms with E-state index in [0.717, 1.165) is 30.1 Å². The molecule has 2 aliphatic carbocycles. The Morgan fingerprint density at radius 3 is 2.23 bits per heavy atom. The predicted molar refractivity (Wildman–Crippen MR) is 124 cm³/mol. The summed E-state index contributed by atoms with van der Waals surface area (Å²) in [5.74, 6) is 2.78. The first-order chi connectivity index (χ1) is 14.7. The Morgan fingerprint density at radius 1 is 1.00 bits per heavy atom. The third-order valence-corrected chi connectivity index (χ3v) is 7.55. The minimum absolute atomic E-state index is 0.713. The molecule has 30 heavy (non-hydrogen) atoms. The van der Waals surface area contributed by atoms with Crippen molar-refractivity contribution in [3.63, 3.8) is 0 Å². The molecule has 2 saturated carbocycles. The second-order valence-corrected chi connectivity index (χ2v) is 9.52. The largest absolute Gasteiger partial charge is 0.199 e. The van der Waals surface area contributed by atoms with Crippen LogP contribution in [0.5, 0.6) is 0 Å². The van der Waals surface area contributed by atoms with E-state index < -0.39 is 5.83 Å². The first-order valence-corrected chi connectivity index (χ1v) is 12.2. The number of aryl methyl sites for hydroxylation is 1. The molecule has 1 aromatic rings. The van der Waals surface area contributed by atoms with E-state index in [0.29, 0.717) is 0 Å². The first-order valence-electron chi connectivity index (χ1n) is 12.2. The number of rotatable bonds is 8. The zero-order valence-electron chi connectivity index (χ0n) is 18.7. The Hall–Kier alpha value is -1.88. The van der Waals surface area contributed by atoms with E-state index in [1.807, 2.05) is 6.08 Å². The third-order valence-electron chi connectivity index (χ3n) is 7.55. The number of nitriles is 1. The molecule has 0 aliphatic heterocycles. The van der Waals surface area contributed by atoms with Gasteiger partial charge in [0.05, 0.1) is 0 Å². The predicted octanol–water partition coefficient (Wildman–Crippen LogP) is 8.43. The number of halogens is 1. The summed E-state index contributed by atoms with van der Waals surface area (Å²) in [6.45, 7) is 2.25. The molecule has 2 aliphatic rings. The molecule has 2 heteroatoms. The van der Waals surface area contributed by atoms with Crippen molar-refractivity contribution in [3.8, 4) is 6.07 Å². The van der Waals surface area contributed by atoms with Crippen LogP contribution in [0.1, 0.15) is 94.6 Å². The van der Waals surface area contributed by atoms with E-state index in [2.05, 4.69) is 31.2 Å². The maximum absolute atomic E-state index is 12.7. The number of benzene rings is 1.